The lowest BCUT2D eigenvalue weighted by Gasteiger charge is -2.22. The molecule has 0 bridgehead atoms. The second-order valence-electron chi connectivity index (χ2n) is 3.74. The molecule has 4 N–H and O–H groups in total. The molecular weight excluding hydrogens is 216 g/mol. The highest BCUT2D eigenvalue weighted by molar-refractivity contribution is 7.87. The minimum atomic E-state index is -3.42. The lowest BCUT2D eigenvalue weighted by Crippen LogP contribution is -2.42. The Hall–Kier alpha value is -0.660. The van der Waals surface area contributed by atoms with Crippen molar-refractivity contribution in [3.05, 3.63) is 0 Å². The molecule has 0 radical (unpaired) electrons. The maximum absolute atomic E-state index is 11.6. The molecular formula is C8H20N4O2S. The minimum Gasteiger partial charge on any atom is -0.388 e. The smallest absolute Gasteiger partial charge is 0.279 e. The monoisotopic (exact) mass is 236 g/mol. The third kappa shape index (κ3) is 5.71. The summed E-state index contributed by atoms with van der Waals surface area (Å²) in [6.45, 7) is 4.55. The van der Waals surface area contributed by atoms with Gasteiger partial charge in [-0.3, -0.25) is 5.41 Å². The van der Waals surface area contributed by atoms with Crippen LogP contribution in [0.2, 0.25) is 0 Å². The van der Waals surface area contributed by atoms with Gasteiger partial charge in [0.2, 0.25) is 0 Å². The zero-order valence-electron chi connectivity index (χ0n) is 9.45. The predicted octanol–water partition coefficient (Wildman–Crippen LogP) is -0.265. The third-order valence-electron chi connectivity index (χ3n) is 1.80. The lowest BCUT2D eigenvalue weighted by atomic mass is 10.2. The van der Waals surface area contributed by atoms with Crippen LogP contribution in [0.3, 0.4) is 0 Å². The zero-order valence-corrected chi connectivity index (χ0v) is 10.3. The van der Waals surface area contributed by atoms with Gasteiger partial charge in [-0.05, 0) is 5.92 Å². The summed E-state index contributed by atoms with van der Waals surface area (Å²) in [7, 11) is -2.05. The van der Waals surface area contributed by atoms with Crippen molar-refractivity contribution in [1.82, 2.24) is 9.03 Å². The van der Waals surface area contributed by atoms with Crippen LogP contribution in [-0.2, 0) is 10.2 Å². The summed E-state index contributed by atoms with van der Waals surface area (Å²) in [5, 5.41) is 7.07. The van der Waals surface area contributed by atoms with Crippen LogP contribution in [0.4, 0.5) is 0 Å². The molecule has 0 aromatic rings. The molecule has 0 aromatic heterocycles. The maximum Gasteiger partial charge on any atom is 0.279 e. The Kier molecular flexibility index (Phi) is 5.77. The minimum absolute atomic E-state index is 0.00457. The van der Waals surface area contributed by atoms with Gasteiger partial charge >= 0.3 is 0 Å². The van der Waals surface area contributed by atoms with E-state index in [2.05, 4.69) is 4.72 Å². The van der Waals surface area contributed by atoms with Crippen molar-refractivity contribution < 1.29 is 8.42 Å². The molecule has 0 aliphatic heterocycles. The van der Waals surface area contributed by atoms with E-state index in [9.17, 15) is 8.42 Å². The van der Waals surface area contributed by atoms with Crippen LogP contribution >= 0.6 is 0 Å². The van der Waals surface area contributed by atoms with Gasteiger partial charge in [-0.2, -0.15) is 12.7 Å². The van der Waals surface area contributed by atoms with E-state index in [1.54, 1.807) is 0 Å². The number of hydrogen-bond acceptors (Lipinski definition) is 3. The molecule has 0 aromatic carbocycles. The highest BCUT2D eigenvalue weighted by Gasteiger charge is 2.20. The Morgan fingerprint density at radius 3 is 2.40 bits per heavy atom. The third-order valence-corrected chi connectivity index (χ3v) is 3.32. The van der Waals surface area contributed by atoms with Gasteiger partial charge in [0.25, 0.3) is 10.2 Å². The molecule has 0 saturated carbocycles. The molecule has 0 amide bonds. The molecule has 7 heteroatoms. The van der Waals surface area contributed by atoms with E-state index in [-0.39, 0.29) is 24.7 Å². The molecule has 6 nitrogen and oxygen atoms in total. The van der Waals surface area contributed by atoms with Crippen molar-refractivity contribution in [3.63, 3.8) is 0 Å². The molecule has 0 rings (SSSR count). The van der Waals surface area contributed by atoms with Crippen LogP contribution in [0.25, 0.3) is 0 Å². The van der Waals surface area contributed by atoms with Gasteiger partial charge in [0.1, 0.15) is 0 Å². The van der Waals surface area contributed by atoms with E-state index >= 15 is 0 Å². The SMILES string of the molecule is CNS(=O)(=O)N(CCC(=N)N)CC(C)C. The van der Waals surface area contributed by atoms with E-state index < -0.39 is 10.2 Å². The standard InChI is InChI=1S/C8H20N4O2S/c1-7(2)6-12(5-4-8(9)10)15(13,14)11-3/h7,11H,4-6H2,1-3H3,(H3,9,10). The van der Waals surface area contributed by atoms with Crippen molar-refractivity contribution in [1.29, 1.82) is 5.41 Å². The first-order valence-corrected chi connectivity index (χ1v) is 6.25. The molecule has 15 heavy (non-hydrogen) atoms. The fraction of sp³-hybridized carbons (Fsp3) is 0.875. The Balaban J connectivity index is 4.52. The van der Waals surface area contributed by atoms with Gasteiger partial charge in [0.15, 0.2) is 0 Å². The van der Waals surface area contributed by atoms with Gasteiger partial charge in [-0.25, -0.2) is 4.72 Å². The van der Waals surface area contributed by atoms with Crippen LogP contribution in [0, 0.1) is 11.3 Å². The van der Waals surface area contributed by atoms with Crippen LogP contribution in [-0.4, -0.2) is 38.7 Å². The van der Waals surface area contributed by atoms with Gasteiger partial charge < -0.3 is 5.73 Å². The molecule has 0 saturated heterocycles. The van der Waals surface area contributed by atoms with Crippen LogP contribution in [0.15, 0.2) is 0 Å². The number of nitrogens with two attached hydrogens (primary N) is 1. The molecule has 90 valence electrons. The average Bonchev–Trinajstić information content (AvgIpc) is 2.11. The van der Waals surface area contributed by atoms with Crippen molar-refractivity contribution in [2.24, 2.45) is 11.7 Å². The first kappa shape index (κ1) is 14.3. The molecule has 0 aliphatic rings. The zero-order chi connectivity index (χ0) is 12.1. The molecule has 0 unspecified atom stereocenters. The van der Waals surface area contributed by atoms with Crippen LogP contribution < -0.4 is 10.5 Å². The lowest BCUT2D eigenvalue weighted by molar-refractivity contribution is 0.370. The van der Waals surface area contributed by atoms with Crippen molar-refractivity contribution in [2.75, 3.05) is 20.1 Å². The average molecular weight is 236 g/mol. The fourth-order valence-electron chi connectivity index (χ4n) is 1.09. The van der Waals surface area contributed by atoms with E-state index in [0.717, 1.165) is 0 Å². The molecule has 0 heterocycles. The van der Waals surface area contributed by atoms with Crippen molar-refractivity contribution >= 4 is 16.0 Å². The Labute approximate surface area is 91.5 Å². The summed E-state index contributed by atoms with van der Waals surface area (Å²) in [6, 6.07) is 0. The van der Waals surface area contributed by atoms with Crippen LogP contribution in [0.5, 0.6) is 0 Å². The number of rotatable bonds is 7. The normalized spacial score (nSPS) is 12.3. The van der Waals surface area contributed by atoms with Gasteiger partial charge in [-0.1, -0.05) is 13.8 Å². The van der Waals surface area contributed by atoms with E-state index in [4.69, 9.17) is 11.1 Å². The summed E-state index contributed by atoms with van der Waals surface area (Å²) in [4.78, 5) is 0. The Morgan fingerprint density at radius 1 is 1.53 bits per heavy atom. The topological polar surface area (TPSA) is 99.3 Å². The second kappa shape index (κ2) is 6.04. The largest absolute Gasteiger partial charge is 0.388 e. The highest BCUT2D eigenvalue weighted by atomic mass is 32.2. The summed E-state index contributed by atoms with van der Waals surface area (Å²) in [5.41, 5.74) is 5.20. The molecule has 0 spiro atoms. The quantitative estimate of drug-likeness (QED) is 0.419. The van der Waals surface area contributed by atoms with Crippen molar-refractivity contribution in [3.8, 4) is 0 Å². The van der Waals surface area contributed by atoms with E-state index in [0.29, 0.717) is 6.54 Å². The summed E-state index contributed by atoms with van der Waals surface area (Å²) < 4.78 is 26.7. The predicted molar refractivity (Wildman–Crippen MR) is 60.9 cm³/mol. The number of amidine groups is 1. The van der Waals surface area contributed by atoms with Gasteiger partial charge in [-0.15, -0.1) is 0 Å². The number of nitrogens with one attached hydrogen (secondary N) is 2. The van der Waals surface area contributed by atoms with Crippen molar-refractivity contribution in [2.45, 2.75) is 20.3 Å². The number of hydrogen-bond donors (Lipinski definition) is 3. The second-order valence-corrected chi connectivity index (χ2v) is 5.61. The first-order valence-electron chi connectivity index (χ1n) is 4.81. The Morgan fingerprint density at radius 2 is 2.07 bits per heavy atom. The summed E-state index contributed by atoms with van der Waals surface area (Å²) >= 11 is 0. The molecule has 0 atom stereocenters. The highest BCUT2D eigenvalue weighted by Crippen LogP contribution is 2.04. The van der Waals surface area contributed by atoms with Gasteiger partial charge in [0.05, 0.1) is 5.84 Å². The first-order chi connectivity index (χ1) is 6.79. The fourth-order valence-corrected chi connectivity index (χ4v) is 2.18. The van der Waals surface area contributed by atoms with Gasteiger partial charge in [0, 0.05) is 26.6 Å². The summed E-state index contributed by atoms with van der Waals surface area (Å²) in [5.74, 6) is 0.232. The molecule has 0 aliphatic carbocycles. The maximum atomic E-state index is 11.6. The number of nitrogens with zero attached hydrogens (tertiary/aromatic N) is 1. The summed E-state index contributed by atoms with van der Waals surface area (Å²) in [6.07, 6.45) is 0.258. The molecule has 0 fully saturated rings. The van der Waals surface area contributed by atoms with E-state index in [1.807, 2.05) is 13.8 Å². The van der Waals surface area contributed by atoms with E-state index in [1.165, 1.54) is 11.4 Å². The van der Waals surface area contributed by atoms with Crippen LogP contribution in [0.1, 0.15) is 20.3 Å². The Bertz CT molecular complexity index is 300.